The summed E-state index contributed by atoms with van der Waals surface area (Å²) in [5.74, 6) is 1.03. The summed E-state index contributed by atoms with van der Waals surface area (Å²) >= 11 is 1.28. The summed E-state index contributed by atoms with van der Waals surface area (Å²) in [6.07, 6.45) is 0.546. The van der Waals surface area contributed by atoms with E-state index in [2.05, 4.69) is 15.6 Å². The van der Waals surface area contributed by atoms with Gasteiger partial charge >= 0.3 is 12.1 Å². The number of para-hydroxylation sites is 1. The van der Waals surface area contributed by atoms with Crippen LogP contribution in [0.15, 0.2) is 71.9 Å². The number of anilines is 2. The Kier molecular flexibility index (Phi) is 7.65. The highest BCUT2D eigenvalue weighted by Crippen LogP contribution is 2.50. The van der Waals surface area contributed by atoms with Crippen molar-refractivity contribution in [3.8, 4) is 11.5 Å². The van der Waals surface area contributed by atoms with Crippen LogP contribution >= 0.6 is 11.8 Å². The molecule has 12 heteroatoms. The number of carbonyl (C=O) groups excluding carboxylic acids is 3. The number of aromatic nitrogens is 1. The van der Waals surface area contributed by atoms with Crippen molar-refractivity contribution in [3.63, 3.8) is 0 Å². The molecular formula is C31H33N5O6S. The van der Waals surface area contributed by atoms with Gasteiger partial charge in [0.1, 0.15) is 27.4 Å². The first-order valence-electron chi connectivity index (χ1n) is 14.1. The lowest BCUT2D eigenvalue weighted by atomic mass is 9.98. The average Bonchev–Trinajstić information content (AvgIpc) is 3.34. The number of urea groups is 1. The van der Waals surface area contributed by atoms with Crippen LogP contribution in [0, 0.1) is 0 Å². The van der Waals surface area contributed by atoms with Gasteiger partial charge in [0.05, 0.1) is 36.1 Å². The Bertz CT molecular complexity index is 1530. The number of aliphatic hydroxyl groups excluding tert-OH is 1. The summed E-state index contributed by atoms with van der Waals surface area (Å²) in [5, 5.41) is 16.7. The molecular weight excluding hydrogens is 570 g/mol. The van der Waals surface area contributed by atoms with E-state index in [1.165, 1.54) is 16.7 Å². The summed E-state index contributed by atoms with van der Waals surface area (Å²) < 4.78 is 11.3. The van der Waals surface area contributed by atoms with Gasteiger partial charge in [-0.2, -0.15) is 0 Å². The van der Waals surface area contributed by atoms with E-state index in [4.69, 9.17) is 9.47 Å². The fourth-order valence-corrected chi connectivity index (χ4v) is 6.66. The Hall–Kier alpha value is -4.29. The van der Waals surface area contributed by atoms with Crippen molar-refractivity contribution in [1.29, 1.82) is 0 Å². The van der Waals surface area contributed by atoms with E-state index in [9.17, 15) is 19.5 Å². The standard InChI is InChI=1S/C31H33N5O6S/c1-31(2,3)42-30(40)35-16-14-21(23(37)17-35)33-27(38)26-25-24-22(13-15-32-28(24)43-26)36(29(39)34-25)18-9-11-20(12-10-18)41-19-7-5-4-6-8-19/h4-13,15,21,23,25-26,37H,14,16-17H2,1-3H3,(H,33,38)(H,34,39)/t21-,23-,25?,26?/m1/s1. The van der Waals surface area contributed by atoms with E-state index in [-0.39, 0.29) is 18.5 Å². The molecule has 1 fully saturated rings. The van der Waals surface area contributed by atoms with Crippen LogP contribution < -0.4 is 20.3 Å². The van der Waals surface area contributed by atoms with Crippen LogP contribution in [-0.4, -0.2) is 69.1 Å². The van der Waals surface area contributed by atoms with Gasteiger partial charge in [0.25, 0.3) is 0 Å². The average molecular weight is 604 g/mol. The molecule has 43 heavy (non-hydrogen) atoms. The molecule has 0 bridgehead atoms. The molecule has 0 spiro atoms. The molecule has 11 nitrogen and oxygen atoms in total. The molecule has 3 aliphatic rings. The molecule has 4 heterocycles. The lowest BCUT2D eigenvalue weighted by molar-refractivity contribution is -0.123. The van der Waals surface area contributed by atoms with Crippen molar-refractivity contribution in [2.24, 2.45) is 0 Å². The Labute approximate surface area is 253 Å². The van der Waals surface area contributed by atoms with Crippen LogP contribution in [0.5, 0.6) is 11.5 Å². The van der Waals surface area contributed by atoms with E-state index < -0.39 is 35.1 Å². The molecule has 1 saturated heterocycles. The number of benzene rings is 2. The van der Waals surface area contributed by atoms with Gasteiger partial charge in [0, 0.05) is 18.3 Å². The van der Waals surface area contributed by atoms with E-state index >= 15 is 0 Å². The van der Waals surface area contributed by atoms with Gasteiger partial charge in [-0.1, -0.05) is 30.0 Å². The third-order valence-corrected chi connectivity index (χ3v) is 8.69. The van der Waals surface area contributed by atoms with Crippen molar-refractivity contribution in [3.05, 3.63) is 72.4 Å². The number of carbonyl (C=O) groups is 3. The van der Waals surface area contributed by atoms with Gasteiger partial charge in [-0.05, 0) is 69.7 Å². The number of hydrogen-bond acceptors (Lipinski definition) is 8. The van der Waals surface area contributed by atoms with E-state index in [1.54, 1.807) is 50.1 Å². The van der Waals surface area contributed by atoms with Crippen molar-refractivity contribution in [1.82, 2.24) is 20.5 Å². The Morgan fingerprint density at radius 3 is 2.49 bits per heavy atom. The fourth-order valence-electron chi connectivity index (χ4n) is 5.43. The molecule has 4 amide bonds. The van der Waals surface area contributed by atoms with Crippen molar-refractivity contribution >= 4 is 41.2 Å². The number of nitrogens with zero attached hydrogens (tertiary/aromatic N) is 3. The number of pyridine rings is 1. The maximum Gasteiger partial charge on any atom is 0.410 e. The highest BCUT2D eigenvalue weighted by molar-refractivity contribution is 8.01. The van der Waals surface area contributed by atoms with E-state index in [0.29, 0.717) is 40.9 Å². The molecule has 2 unspecified atom stereocenters. The number of aliphatic hydroxyl groups is 1. The van der Waals surface area contributed by atoms with E-state index in [1.807, 2.05) is 42.5 Å². The first-order valence-corrected chi connectivity index (χ1v) is 15.0. The molecule has 0 saturated carbocycles. The smallest absolute Gasteiger partial charge is 0.410 e. The highest BCUT2D eigenvalue weighted by Gasteiger charge is 2.47. The Morgan fingerprint density at radius 1 is 1.07 bits per heavy atom. The second-order valence-corrected chi connectivity index (χ2v) is 12.8. The van der Waals surface area contributed by atoms with Crippen LogP contribution in [0.4, 0.5) is 21.0 Å². The predicted octanol–water partition coefficient (Wildman–Crippen LogP) is 4.74. The molecule has 6 rings (SSSR count). The van der Waals surface area contributed by atoms with Crippen molar-refractivity contribution in [2.45, 2.75) is 61.3 Å². The van der Waals surface area contributed by atoms with Crippen LogP contribution in [0.2, 0.25) is 0 Å². The largest absolute Gasteiger partial charge is 0.457 e. The first-order chi connectivity index (χ1) is 20.6. The summed E-state index contributed by atoms with van der Waals surface area (Å²) in [6.45, 7) is 5.74. The molecule has 224 valence electrons. The third kappa shape index (κ3) is 5.98. The zero-order valence-corrected chi connectivity index (χ0v) is 24.8. The topological polar surface area (TPSA) is 133 Å². The maximum absolute atomic E-state index is 13.5. The molecule has 3 N–H and O–H groups in total. The van der Waals surface area contributed by atoms with Gasteiger partial charge in [0.2, 0.25) is 5.91 Å². The molecule has 2 aromatic carbocycles. The van der Waals surface area contributed by atoms with Crippen molar-refractivity contribution < 1.29 is 29.0 Å². The second kappa shape index (κ2) is 11.4. The SMILES string of the molecule is CC(C)(C)OC(=O)N1CC[C@@H](NC(=O)C2Sc3nccc4c3C2NC(=O)N4c2ccc(Oc3ccccc3)cc2)[C@H](O)C1. The lowest BCUT2D eigenvalue weighted by Crippen LogP contribution is -2.58. The summed E-state index contributed by atoms with van der Waals surface area (Å²) in [7, 11) is 0. The number of nitrogens with one attached hydrogen (secondary N) is 2. The molecule has 0 radical (unpaired) electrons. The molecule has 4 atom stereocenters. The first kappa shape index (κ1) is 28.8. The van der Waals surface area contributed by atoms with Crippen LogP contribution in [-0.2, 0) is 9.53 Å². The van der Waals surface area contributed by atoms with Gasteiger partial charge in [-0.15, -0.1) is 0 Å². The predicted molar refractivity (Wildman–Crippen MR) is 161 cm³/mol. The number of amides is 4. The normalized spacial score (nSPS) is 22.8. The lowest BCUT2D eigenvalue weighted by Gasteiger charge is -2.38. The number of ether oxygens (including phenoxy) is 2. The molecule has 3 aliphatic heterocycles. The number of hydrogen-bond donors (Lipinski definition) is 3. The minimum absolute atomic E-state index is 0.0495. The fraction of sp³-hybridized carbons (Fsp3) is 0.355. The number of likely N-dealkylation sites (tertiary alicyclic amines) is 1. The summed E-state index contributed by atoms with van der Waals surface area (Å²) in [4.78, 5) is 46.9. The van der Waals surface area contributed by atoms with Gasteiger partial charge < -0.3 is 30.1 Å². The minimum Gasteiger partial charge on any atom is -0.457 e. The quantitative estimate of drug-likeness (QED) is 0.381. The highest BCUT2D eigenvalue weighted by atomic mass is 32.2. The van der Waals surface area contributed by atoms with Crippen molar-refractivity contribution in [2.75, 3.05) is 18.0 Å². The molecule has 0 aliphatic carbocycles. The zero-order chi connectivity index (χ0) is 30.3. The molecule has 1 aromatic heterocycles. The number of thioether (sulfide) groups is 1. The van der Waals surface area contributed by atoms with Crippen LogP contribution in [0.3, 0.4) is 0 Å². The Balaban J connectivity index is 1.14. The minimum atomic E-state index is -0.960. The van der Waals surface area contributed by atoms with Crippen LogP contribution in [0.1, 0.15) is 38.8 Å². The molecule has 3 aromatic rings. The van der Waals surface area contributed by atoms with Gasteiger partial charge in [0.15, 0.2) is 0 Å². The summed E-state index contributed by atoms with van der Waals surface area (Å²) in [6, 6.07) is 16.9. The van der Waals surface area contributed by atoms with Gasteiger partial charge in [-0.25, -0.2) is 14.6 Å². The third-order valence-electron chi connectivity index (χ3n) is 7.40. The number of piperidine rings is 1. The Morgan fingerprint density at radius 2 is 1.79 bits per heavy atom. The second-order valence-electron chi connectivity index (χ2n) is 11.7. The van der Waals surface area contributed by atoms with Crippen LogP contribution in [0.25, 0.3) is 0 Å². The number of β-amino-alcohol motifs (C(OH)–C–C–N with tert-alkyl or cyclic N) is 1. The monoisotopic (exact) mass is 603 g/mol. The number of rotatable bonds is 5. The maximum atomic E-state index is 13.5. The summed E-state index contributed by atoms with van der Waals surface area (Å²) in [5.41, 5.74) is 1.43. The van der Waals surface area contributed by atoms with E-state index in [0.717, 1.165) is 5.56 Å². The van der Waals surface area contributed by atoms with Gasteiger partial charge in [-0.3, -0.25) is 9.69 Å². The zero-order valence-electron chi connectivity index (χ0n) is 24.0.